The van der Waals surface area contributed by atoms with E-state index in [4.69, 9.17) is 0 Å². The molecule has 88 valence electrons. The van der Waals surface area contributed by atoms with Gasteiger partial charge in [-0.25, -0.2) is 8.78 Å². The van der Waals surface area contributed by atoms with Gasteiger partial charge < -0.3 is 0 Å². The largest absolute Gasteiger partial charge is 0.298 e. The molecule has 0 atom stereocenters. The first-order chi connectivity index (χ1) is 7.56. The van der Waals surface area contributed by atoms with Crippen LogP contribution in [0.2, 0.25) is 0 Å². The number of carbonyl (C=O) groups is 1. The molecular formula is C11H11BrF2OS. The van der Waals surface area contributed by atoms with Crippen LogP contribution < -0.4 is 0 Å². The number of hydrogen-bond donors (Lipinski definition) is 0. The molecule has 0 heterocycles. The van der Waals surface area contributed by atoms with Crippen LogP contribution in [-0.4, -0.2) is 17.3 Å². The van der Waals surface area contributed by atoms with Crippen molar-refractivity contribution in [3.63, 3.8) is 0 Å². The zero-order chi connectivity index (χ0) is 12.1. The second kappa shape index (κ2) is 6.35. The zero-order valence-electron chi connectivity index (χ0n) is 8.73. The molecule has 0 bridgehead atoms. The summed E-state index contributed by atoms with van der Waals surface area (Å²) in [4.78, 5) is 11.4. The van der Waals surface area contributed by atoms with Crippen LogP contribution in [0.3, 0.4) is 0 Å². The lowest BCUT2D eigenvalue weighted by Crippen LogP contribution is -2.09. The summed E-state index contributed by atoms with van der Waals surface area (Å²) in [7, 11) is 0. The molecule has 0 N–H and O–H groups in total. The lowest BCUT2D eigenvalue weighted by Gasteiger charge is -2.05. The average Bonchev–Trinajstić information content (AvgIpc) is 2.27. The first kappa shape index (κ1) is 13.6. The highest BCUT2D eigenvalue weighted by Gasteiger charge is 2.15. The molecule has 0 aromatic heterocycles. The number of carbonyl (C=O) groups excluding carboxylic acids is 1. The van der Waals surface area contributed by atoms with Crippen LogP contribution in [0.1, 0.15) is 12.5 Å². The van der Waals surface area contributed by atoms with E-state index in [0.29, 0.717) is 5.75 Å². The fourth-order valence-corrected chi connectivity index (χ4v) is 2.10. The van der Waals surface area contributed by atoms with Crippen molar-refractivity contribution in [1.29, 1.82) is 0 Å². The van der Waals surface area contributed by atoms with Crippen LogP contribution in [0.25, 0.3) is 0 Å². The molecule has 1 aromatic rings. The highest BCUT2D eigenvalue weighted by atomic mass is 79.9. The SMILES string of the molecule is CCSCC(=O)Cc1c(F)ccc(Br)c1F. The number of benzene rings is 1. The Morgan fingerprint density at radius 2 is 2.12 bits per heavy atom. The van der Waals surface area contributed by atoms with Gasteiger partial charge in [-0.1, -0.05) is 6.92 Å². The van der Waals surface area contributed by atoms with Crippen molar-refractivity contribution < 1.29 is 13.6 Å². The smallest absolute Gasteiger partial charge is 0.147 e. The van der Waals surface area contributed by atoms with Gasteiger partial charge in [0.25, 0.3) is 0 Å². The van der Waals surface area contributed by atoms with Gasteiger partial charge in [0.1, 0.15) is 17.4 Å². The fourth-order valence-electron chi connectivity index (χ4n) is 1.20. The van der Waals surface area contributed by atoms with E-state index in [1.807, 2.05) is 6.92 Å². The minimum atomic E-state index is -0.685. The van der Waals surface area contributed by atoms with Gasteiger partial charge in [0.05, 0.1) is 10.2 Å². The monoisotopic (exact) mass is 308 g/mol. The van der Waals surface area contributed by atoms with Crippen molar-refractivity contribution in [2.75, 3.05) is 11.5 Å². The van der Waals surface area contributed by atoms with Crippen molar-refractivity contribution in [1.82, 2.24) is 0 Å². The molecule has 16 heavy (non-hydrogen) atoms. The first-order valence-corrected chi connectivity index (χ1v) is 6.72. The number of thioether (sulfide) groups is 1. The number of rotatable bonds is 5. The van der Waals surface area contributed by atoms with E-state index >= 15 is 0 Å². The lowest BCUT2D eigenvalue weighted by atomic mass is 10.1. The topological polar surface area (TPSA) is 17.1 Å². The summed E-state index contributed by atoms with van der Waals surface area (Å²) in [5, 5.41) is 0. The summed E-state index contributed by atoms with van der Waals surface area (Å²) in [5.74, 6) is -0.412. The maximum Gasteiger partial charge on any atom is 0.147 e. The van der Waals surface area contributed by atoms with Crippen LogP contribution in [0, 0.1) is 11.6 Å². The Morgan fingerprint density at radius 1 is 1.44 bits per heavy atom. The average molecular weight is 309 g/mol. The molecule has 0 aliphatic rings. The highest BCUT2D eigenvalue weighted by Crippen LogP contribution is 2.22. The summed E-state index contributed by atoms with van der Waals surface area (Å²) in [6, 6.07) is 2.45. The van der Waals surface area contributed by atoms with Crippen molar-refractivity contribution in [3.05, 3.63) is 33.8 Å². The van der Waals surface area contributed by atoms with E-state index in [1.54, 1.807) is 0 Å². The molecular weight excluding hydrogens is 298 g/mol. The van der Waals surface area contributed by atoms with Crippen LogP contribution in [0.4, 0.5) is 8.78 Å². The highest BCUT2D eigenvalue weighted by molar-refractivity contribution is 9.10. The van der Waals surface area contributed by atoms with Gasteiger partial charge >= 0.3 is 0 Å². The summed E-state index contributed by atoms with van der Waals surface area (Å²) in [5.41, 5.74) is -0.156. The predicted octanol–water partition coefficient (Wildman–Crippen LogP) is 3.59. The molecule has 0 amide bonds. The maximum atomic E-state index is 13.5. The van der Waals surface area contributed by atoms with Crippen molar-refractivity contribution in [2.24, 2.45) is 0 Å². The Labute approximate surface area is 106 Å². The van der Waals surface area contributed by atoms with Crippen LogP contribution in [-0.2, 0) is 11.2 Å². The molecule has 1 aromatic carbocycles. The van der Waals surface area contributed by atoms with Gasteiger partial charge in [0.2, 0.25) is 0 Å². The van der Waals surface area contributed by atoms with Crippen LogP contribution in [0.5, 0.6) is 0 Å². The summed E-state index contributed by atoms with van der Waals surface area (Å²) in [6.45, 7) is 1.93. The van der Waals surface area contributed by atoms with Crippen molar-refractivity contribution in [2.45, 2.75) is 13.3 Å². The standard InChI is InChI=1S/C11H11BrF2OS/c1-2-16-6-7(15)5-8-10(13)4-3-9(12)11(8)14/h3-4H,2,5-6H2,1H3. The normalized spacial score (nSPS) is 10.5. The minimum Gasteiger partial charge on any atom is -0.298 e. The molecule has 0 unspecified atom stereocenters. The minimum absolute atomic E-state index is 0.156. The van der Waals surface area contributed by atoms with Crippen molar-refractivity contribution >= 4 is 33.5 Å². The second-order valence-electron chi connectivity index (χ2n) is 3.17. The molecule has 0 fully saturated rings. The molecule has 0 saturated carbocycles. The van der Waals surface area contributed by atoms with E-state index in [1.165, 1.54) is 17.8 Å². The van der Waals surface area contributed by atoms with E-state index in [9.17, 15) is 13.6 Å². The van der Waals surface area contributed by atoms with Gasteiger partial charge in [-0.05, 0) is 33.8 Å². The third-order valence-corrected chi connectivity index (χ3v) is 3.53. The Hall–Kier alpha value is -0.420. The maximum absolute atomic E-state index is 13.5. The molecule has 0 saturated heterocycles. The molecule has 1 nitrogen and oxygen atoms in total. The first-order valence-electron chi connectivity index (χ1n) is 4.78. The number of halogens is 3. The molecule has 0 spiro atoms. The van der Waals surface area contributed by atoms with E-state index in [0.717, 1.165) is 11.8 Å². The van der Waals surface area contributed by atoms with Gasteiger partial charge in [-0.15, -0.1) is 0 Å². The number of Topliss-reactive ketones (excluding diaryl/α,β-unsaturated/α-hetero) is 1. The van der Waals surface area contributed by atoms with E-state index in [2.05, 4.69) is 15.9 Å². The van der Waals surface area contributed by atoms with E-state index < -0.39 is 11.6 Å². The third-order valence-electron chi connectivity index (χ3n) is 1.98. The summed E-state index contributed by atoms with van der Waals surface area (Å²) < 4.78 is 27.0. The fraction of sp³-hybridized carbons (Fsp3) is 0.364. The molecule has 1 rings (SSSR count). The third kappa shape index (κ3) is 3.56. The van der Waals surface area contributed by atoms with E-state index in [-0.39, 0.29) is 22.2 Å². The van der Waals surface area contributed by atoms with Gasteiger partial charge in [0.15, 0.2) is 0 Å². The summed E-state index contributed by atoms with van der Waals surface area (Å²) >= 11 is 4.41. The second-order valence-corrected chi connectivity index (χ2v) is 5.30. The van der Waals surface area contributed by atoms with Gasteiger partial charge in [0, 0.05) is 12.0 Å². The Bertz CT molecular complexity index is 396. The molecule has 5 heteroatoms. The summed E-state index contributed by atoms with van der Waals surface area (Å²) in [6.07, 6.45) is -0.190. The van der Waals surface area contributed by atoms with Crippen LogP contribution >= 0.6 is 27.7 Å². The van der Waals surface area contributed by atoms with Crippen molar-refractivity contribution in [3.8, 4) is 0 Å². The Balaban J connectivity index is 2.80. The van der Waals surface area contributed by atoms with Gasteiger partial charge in [-0.3, -0.25) is 4.79 Å². The Morgan fingerprint density at radius 3 is 2.75 bits per heavy atom. The molecule has 0 aliphatic heterocycles. The molecule has 0 radical (unpaired) electrons. The number of hydrogen-bond acceptors (Lipinski definition) is 2. The quantitative estimate of drug-likeness (QED) is 0.773. The lowest BCUT2D eigenvalue weighted by molar-refractivity contribution is -0.116. The number of ketones is 1. The Kier molecular flexibility index (Phi) is 5.41. The van der Waals surface area contributed by atoms with Crippen LogP contribution in [0.15, 0.2) is 16.6 Å². The van der Waals surface area contributed by atoms with Gasteiger partial charge in [-0.2, -0.15) is 11.8 Å². The zero-order valence-corrected chi connectivity index (χ0v) is 11.1. The predicted molar refractivity (Wildman–Crippen MR) is 65.8 cm³/mol. The molecule has 0 aliphatic carbocycles.